The molecule has 1 fully saturated rings. The van der Waals surface area contributed by atoms with Gasteiger partial charge in [0.1, 0.15) is 0 Å². The summed E-state index contributed by atoms with van der Waals surface area (Å²) < 4.78 is 0. The van der Waals surface area contributed by atoms with Gasteiger partial charge < -0.3 is 4.90 Å². The molecule has 2 aromatic rings. The minimum absolute atomic E-state index is 0.864. The SMILES string of the molecule is C=C/C=C1/C(=C)N(c2cccc3cccc(C)c23)C/C1=C/C. The maximum Gasteiger partial charge on any atom is 0.0496 e. The molecule has 1 aliphatic heterocycles. The molecule has 110 valence electrons. The van der Waals surface area contributed by atoms with Crippen LogP contribution in [-0.4, -0.2) is 6.54 Å². The van der Waals surface area contributed by atoms with E-state index in [1.165, 1.54) is 33.2 Å². The molecule has 1 heterocycles. The number of hydrogen-bond acceptors (Lipinski definition) is 1. The number of anilines is 1. The first-order valence-electron chi connectivity index (χ1n) is 7.60. The molecule has 1 heteroatoms. The van der Waals surface area contributed by atoms with Crippen LogP contribution in [0.25, 0.3) is 10.8 Å². The molecule has 22 heavy (non-hydrogen) atoms. The van der Waals surface area contributed by atoms with E-state index < -0.39 is 0 Å². The Labute approximate surface area is 132 Å². The van der Waals surface area contributed by atoms with Crippen molar-refractivity contribution in [2.75, 3.05) is 11.4 Å². The van der Waals surface area contributed by atoms with Crippen LogP contribution in [-0.2, 0) is 0 Å². The zero-order valence-corrected chi connectivity index (χ0v) is 13.3. The number of aryl methyl sites for hydroxylation is 1. The molecule has 0 saturated carbocycles. The molecule has 0 aliphatic carbocycles. The van der Waals surface area contributed by atoms with Gasteiger partial charge in [0.2, 0.25) is 0 Å². The Balaban J connectivity index is 2.19. The highest BCUT2D eigenvalue weighted by Gasteiger charge is 2.26. The third kappa shape index (κ3) is 2.19. The number of fused-ring (bicyclic) bond motifs is 1. The normalized spacial score (nSPS) is 18.6. The van der Waals surface area contributed by atoms with Crippen molar-refractivity contribution < 1.29 is 0 Å². The number of rotatable bonds is 2. The molecule has 0 atom stereocenters. The highest BCUT2D eigenvalue weighted by Crippen LogP contribution is 2.39. The van der Waals surface area contributed by atoms with Crippen LogP contribution in [0.2, 0.25) is 0 Å². The van der Waals surface area contributed by atoms with Gasteiger partial charge in [0.15, 0.2) is 0 Å². The molecule has 0 amide bonds. The fraction of sp³-hybridized carbons (Fsp3) is 0.143. The monoisotopic (exact) mass is 287 g/mol. The molecule has 1 aliphatic rings. The van der Waals surface area contributed by atoms with Gasteiger partial charge >= 0.3 is 0 Å². The summed E-state index contributed by atoms with van der Waals surface area (Å²) in [4.78, 5) is 2.31. The Kier molecular flexibility index (Phi) is 3.72. The Morgan fingerprint density at radius 3 is 2.55 bits per heavy atom. The molecule has 1 nitrogen and oxygen atoms in total. The first-order chi connectivity index (χ1) is 10.7. The standard InChI is InChI=1S/C21H21N/c1-5-9-19-16(4)22(14-17(19)6-2)20-13-8-12-18-11-7-10-15(3)21(18)20/h5-13H,1,4,14H2,2-3H3/b17-6-,19-9-. The van der Waals surface area contributed by atoms with Crippen molar-refractivity contribution in [1.29, 1.82) is 0 Å². The second-order valence-electron chi connectivity index (χ2n) is 5.61. The number of nitrogens with zero attached hydrogens (tertiary/aromatic N) is 1. The van der Waals surface area contributed by atoms with Gasteiger partial charge in [-0.15, -0.1) is 0 Å². The molecule has 2 aromatic carbocycles. The van der Waals surface area contributed by atoms with Crippen LogP contribution >= 0.6 is 0 Å². The lowest BCUT2D eigenvalue weighted by Crippen LogP contribution is -2.16. The van der Waals surface area contributed by atoms with E-state index >= 15 is 0 Å². The van der Waals surface area contributed by atoms with E-state index in [-0.39, 0.29) is 0 Å². The number of hydrogen-bond donors (Lipinski definition) is 0. The average molecular weight is 287 g/mol. The van der Waals surface area contributed by atoms with Gasteiger partial charge in [-0.2, -0.15) is 0 Å². The van der Waals surface area contributed by atoms with Crippen LogP contribution in [0.1, 0.15) is 12.5 Å². The average Bonchev–Trinajstić information content (AvgIpc) is 2.84. The molecule has 0 spiro atoms. The minimum atomic E-state index is 0.864. The van der Waals surface area contributed by atoms with E-state index in [2.05, 4.69) is 80.5 Å². The second kappa shape index (κ2) is 5.69. The summed E-state index contributed by atoms with van der Waals surface area (Å²) in [6, 6.07) is 12.9. The van der Waals surface area contributed by atoms with Gasteiger partial charge in [-0.25, -0.2) is 0 Å². The Bertz CT molecular complexity index is 816. The van der Waals surface area contributed by atoms with E-state index in [1.54, 1.807) is 0 Å². The molecule has 0 bridgehead atoms. The van der Waals surface area contributed by atoms with Crippen molar-refractivity contribution in [2.24, 2.45) is 0 Å². The van der Waals surface area contributed by atoms with Crippen LogP contribution in [0, 0.1) is 6.92 Å². The zero-order valence-electron chi connectivity index (χ0n) is 13.3. The quantitative estimate of drug-likeness (QED) is 0.701. The van der Waals surface area contributed by atoms with E-state index in [0.717, 1.165) is 12.2 Å². The lowest BCUT2D eigenvalue weighted by molar-refractivity contribution is 1.10. The van der Waals surface area contributed by atoms with E-state index in [1.807, 2.05) is 6.08 Å². The summed E-state index contributed by atoms with van der Waals surface area (Å²) in [6.07, 6.45) is 6.05. The van der Waals surface area contributed by atoms with Crippen LogP contribution < -0.4 is 4.90 Å². The predicted molar refractivity (Wildman–Crippen MR) is 97.2 cm³/mol. The summed E-state index contributed by atoms with van der Waals surface area (Å²) in [5.41, 5.74) is 6.05. The molecular formula is C21H21N. The van der Waals surface area contributed by atoms with Gasteiger partial charge in [-0.05, 0) is 36.4 Å². The van der Waals surface area contributed by atoms with Crippen molar-refractivity contribution in [2.45, 2.75) is 13.8 Å². The second-order valence-corrected chi connectivity index (χ2v) is 5.61. The molecule has 3 rings (SSSR count). The van der Waals surface area contributed by atoms with Gasteiger partial charge in [0, 0.05) is 28.9 Å². The summed E-state index contributed by atoms with van der Waals surface area (Å²) in [5.74, 6) is 0. The zero-order chi connectivity index (χ0) is 15.7. The van der Waals surface area contributed by atoms with Gasteiger partial charge in [0.25, 0.3) is 0 Å². The number of benzene rings is 2. The van der Waals surface area contributed by atoms with Crippen molar-refractivity contribution in [1.82, 2.24) is 0 Å². The molecule has 0 unspecified atom stereocenters. The molecular weight excluding hydrogens is 266 g/mol. The van der Waals surface area contributed by atoms with Crippen molar-refractivity contribution in [3.05, 3.63) is 90.2 Å². The van der Waals surface area contributed by atoms with Crippen LogP contribution in [0.5, 0.6) is 0 Å². The summed E-state index contributed by atoms with van der Waals surface area (Å²) >= 11 is 0. The maximum atomic E-state index is 4.32. The molecule has 0 radical (unpaired) electrons. The van der Waals surface area contributed by atoms with E-state index in [4.69, 9.17) is 0 Å². The molecule has 0 N–H and O–H groups in total. The minimum Gasteiger partial charge on any atom is -0.336 e. The fourth-order valence-electron chi connectivity index (χ4n) is 3.21. The third-order valence-electron chi connectivity index (χ3n) is 4.33. The van der Waals surface area contributed by atoms with E-state index in [9.17, 15) is 0 Å². The van der Waals surface area contributed by atoms with Crippen molar-refractivity contribution in [3.8, 4) is 0 Å². The Morgan fingerprint density at radius 2 is 1.86 bits per heavy atom. The fourth-order valence-corrected chi connectivity index (χ4v) is 3.21. The maximum absolute atomic E-state index is 4.32. The molecule has 1 saturated heterocycles. The molecule has 0 aromatic heterocycles. The summed E-state index contributed by atoms with van der Waals surface area (Å²) in [7, 11) is 0. The first-order valence-corrected chi connectivity index (χ1v) is 7.60. The third-order valence-corrected chi connectivity index (χ3v) is 4.33. The van der Waals surface area contributed by atoms with Gasteiger partial charge in [0.05, 0.1) is 0 Å². The van der Waals surface area contributed by atoms with Gasteiger partial charge in [-0.1, -0.05) is 61.7 Å². The van der Waals surface area contributed by atoms with Gasteiger partial charge in [-0.3, -0.25) is 0 Å². The van der Waals surface area contributed by atoms with E-state index in [0.29, 0.717) is 0 Å². The highest BCUT2D eigenvalue weighted by molar-refractivity contribution is 5.98. The van der Waals surface area contributed by atoms with Crippen LogP contribution in [0.3, 0.4) is 0 Å². The largest absolute Gasteiger partial charge is 0.336 e. The van der Waals surface area contributed by atoms with Crippen molar-refractivity contribution >= 4 is 16.5 Å². The Hall–Kier alpha value is -2.54. The predicted octanol–water partition coefficient (Wildman–Crippen LogP) is 5.54. The smallest absolute Gasteiger partial charge is 0.0496 e. The summed E-state index contributed by atoms with van der Waals surface area (Å²) in [6.45, 7) is 13.3. The topological polar surface area (TPSA) is 3.24 Å². The first kappa shape index (κ1) is 14.4. The van der Waals surface area contributed by atoms with Crippen LogP contribution in [0.4, 0.5) is 5.69 Å². The highest BCUT2D eigenvalue weighted by atomic mass is 15.2. The lowest BCUT2D eigenvalue weighted by Gasteiger charge is -2.22. The van der Waals surface area contributed by atoms with Crippen LogP contribution in [0.15, 0.2) is 84.6 Å². The lowest BCUT2D eigenvalue weighted by atomic mass is 10.0. The number of allylic oxidation sites excluding steroid dienone is 4. The summed E-state index contributed by atoms with van der Waals surface area (Å²) in [5, 5.41) is 2.58. The van der Waals surface area contributed by atoms with Crippen molar-refractivity contribution in [3.63, 3.8) is 0 Å². The Morgan fingerprint density at radius 1 is 1.14 bits per heavy atom.